The average molecular weight is 262 g/mol. The van der Waals surface area contributed by atoms with Crippen molar-refractivity contribution in [3.63, 3.8) is 0 Å². The van der Waals surface area contributed by atoms with Crippen molar-refractivity contribution >= 4 is 5.82 Å². The monoisotopic (exact) mass is 262 g/mol. The zero-order valence-electron chi connectivity index (χ0n) is 12.6. The van der Waals surface area contributed by atoms with Crippen LogP contribution in [-0.2, 0) is 6.54 Å². The fourth-order valence-corrected chi connectivity index (χ4v) is 2.85. The van der Waals surface area contributed by atoms with Crippen molar-refractivity contribution in [1.82, 2.24) is 15.2 Å². The molecular formula is C15H26N4. The molecule has 0 radical (unpaired) electrons. The van der Waals surface area contributed by atoms with Gasteiger partial charge in [-0.25, -0.2) is 4.98 Å². The van der Waals surface area contributed by atoms with Crippen molar-refractivity contribution in [3.8, 4) is 0 Å². The van der Waals surface area contributed by atoms with Crippen LogP contribution < -0.4 is 10.2 Å². The van der Waals surface area contributed by atoms with Crippen molar-refractivity contribution in [3.05, 3.63) is 23.4 Å². The van der Waals surface area contributed by atoms with Crippen molar-refractivity contribution < 1.29 is 0 Å². The molecule has 2 rings (SSSR count). The molecule has 1 saturated heterocycles. The van der Waals surface area contributed by atoms with Crippen LogP contribution in [0, 0.1) is 6.92 Å². The van der Waals surface area contributed by atoms with Gasteiger partial charge in [0.25, 0.3) is 0 Å². The summed E-state index contributed by atoms with van der Waals surface area (Å²) in [4.78, 5) is 9.43. The lowest BCUT2D eigenvalue weighted by molar-refractivity contribution is 0.249. The van der Waals surface area contributed by atoms with Gasteiger partial charge in [-0.05, 0) is 58.1 Å². The molecule has 2 heterocycles. The van der Waals surface area contributed by atoms with Crippen LogP contribution in [0.1, 0.15) is 24.0 Å². The van der Waals surface area contributed by atoms with Gasteiger partial charge in [-0.15, -0.1) is 0 Å². The third-order valence-electron chi connectivity index (χ3n) is 3.98. The molecule has 0 aromatic carbocycles. The van der Waals surface area contributed by atoms with E-state index in [0.717, 1.165) is 31.5 Å². The zero-order chi connectivity index (χ0) is 13.8. The van der Waals surface area contributed by atoms with Gasteiger partial charge in [0.2, 0.25) is 0 Å². The molecule has 1 aromatic rings. The van der Waals surface area contributed by atoms with E-state index >= 15 is 0 Å². The second-order valence-electron chi connectivity index (χ2n) is 5.70. The maximum absolute atomic E-state index is 4.66. The topological polar surface area (TPSA) is 31.4 Å². The van der Waals surface area contributed by atoms with E-state index in [2.05, 4.69) is 47.2 Å². The number of pyridine rings is 1. The predicted octanol–water partition coefficient (Wildman–Crippen LogP) is 1.64. The number of nitrogens with one attached hydrogen (secondary N) is 1. The summed E-state index contributed by atoms with van der Waals surface area (Å²) < 4.78 is 0. The van der Waals surface area contributed by atoms with Gasteiger partial charge in [0, 0.05) is 31.9 Å². The first kappa shape index (κ1) is 14.3. The Bertz CT molecular complexity index is 409. The average Bonchev–Trinajstić information content (AvgIpc) is 2.39. The van der Waals surface area contributed by atoms with Gasteiger partial charge in [-0.3, -0.25) is 0 Å². The van der Waals surface area contributed by atoms with Crippen LogP contribution >= 0.6 is 0 Å². The first-order chi connectivity index (χ1) is 9.11. The van der Waals surface area contributed by atoms with Crippen molar-refractivity contribution in [1.29, 1.82) is 0 Å². The Morgan fingerprint density at radius 1 is 1.37 bits per heavy atom. The largest absolute Gasteiger partial charge is 0.356 e. The highest BCUT2D eigenvalue weighted by molar-refractivity contribution is 5.47. The molecule has 0 saturated carbocycles. The maximum Gasteiger partial charge on any atom is 0.131 e. The second kappa shape index (κ2) is 6.35. The Labute approximate surface area is 116 Å². The first-order valence-electron chi connectivity index (χ1n) is 7.13. The van der Waals surface area contributed by atoms with Gasteiger partial charge in [0.05, 0.1) is 0 Å². The van der Waals surface area contributed by atoms with Crippen LogP contribution in [-0.4, -0.2) is 50.2 Å². The van der Waals surface area contributed by atoms with E-state index in [1.54, 1.807) is 0 Å². The minimum absolute atomic E-state index is 0.722. The molecule has 4 nitrogen and oxygen atoms in total. The van der Waals surface area contributed by atoms with Gasteiger partial charge < -0.3 is 15.1 Å². The number of aromatic nitrogens is 1. The molecule has 1 aromatic heterocycles. The van der Waals surface area contributed by atoms with Gasteiger partial charge >= 0.3 is 0 Å². The molecular weight excluding hydrogens is 236 g/mol. The number of hydrogen-bond donors (Lipinski definition) is 1. The Kier molecular flexibility index (Phi) is 4.77. The molecule has 1 aliphatic heterocycles. The lowest BCUT2D eigenvalue weighted by Gasteiger charge is -2.36. The van der Waals surface area contributed by atoms with Gasteiger partial charge in [0.15, 0.2) is 0 Å². The molecule has 0 atom stereocenters. The smallest absolute Gasteiger partial charge is 0.131 e. The summed E-state index contributed by atoms with van der Waals surface area (Å²) in [6.07, 6.45) is 4.45. The van der Waals surface area contributed by atoms with E-state index in [1.807, 2.05) is 13.2 Å². The highest BCUT2D eigenvalue weighted by atomic mass is 15.2. The normalized spacial score (nSPS) is 17.2. The third-order valence-corrected chi connectivity index (χ3v) is 3.98. The molecule has 106 valence electrons. The fourth-order valence-electron chi connectivity index (χ4n) is 2.85. The summed E-state index contributed by atoms with van der Waals surface area (Å²) in [6, 6.07) is 2.97. The van der Waals surface area contributed by atoms with Gasteiger partial charge in [0.1, 0.15) is 5.82 Å². The summed E-state index contributed by atoms with van der Waals surface area (Å²) in [5.41, 5.74) is 2.54. The molecule has 0 unspecified atom stereocenters. The van der Waals surface area contributed by atoms with E-state index in [-0.39, 0.29) is 0 Å². The number of aryl methyl sites for hydroxylation is 1. The van der Waals surface area contributed by atoms with Crippen LogP contribution in [0.5, 0.6) is 0 Å². The third kappa shape index (κ3) is 3.45. The Morgan fingerprint density at radius 3 is 2.58 bits per heavy atom. The second-order valence-corrected chi connectivity index (χ2v) is 5.70. The molecule has 1 fully saturated rings. The van der Waals surface area contributed by atoms with Crippen LogP contribution in [0.2, 0.25) is 0 Å². The lowest BCUT2D eigenvalue weighted by Crippen LogP contribution is -2.42. The van der Waals surface area contributed by atoms with E-state index in [9.17, 15) is 0 Å². The molecule has 0 spiro atoms. The summed E-state index contributed by atoms with van der Waals surface area (Å²) in [6.45, 7) is 5.28. The number of piperidine rings is 1. The number of nitrogens with zero attached hydrogens (tertiary/aromatic N) is 3. The van der Waals surface area contributed by atoms with Gasteiger partial charge in [-0.2, -0.15) is 0 Å². The molecule has 4 heteroatoms. The fraction of sp³-hybridized carbons (Fsp3) is 0.667. The van der Waals surface area contributed by atoms with Crippen molar-refractivity contribution in [2.45, 2.75) is 32.4 Å². The van der Waals surface area contributed by atoms with Crippen LogP contribution in [0.25, 0.3) is 0 Å². The van der Waals surface area contributed by atoms with Crippen LogP contribution in [0.4, 0.5) is 5.82 Å². The minimum atomic E-state index is 0.722. The summed E-state index contributed by atoms with van der Waals surface area (Å²) in [7, 11) is 6.32. The number of hydrogen-bond acceptors (Lipinski definition) is 4. The highest BCUT2D eigenvalue weighted by Gasteiger charge is 2.22. The summed E-state index contributed by atoms with van der Waals surface area (Å²) in [5.74, 6) is 1.16. The maximum atomic E-state index is 4.66. The SMILES string of the molecule is CNCc1cnc(N2CCC(N(C)C)CC2)c(C)c1. The molecule has 1 N–H and O–H groups in total. The molecule has 1 aliphatic rings. The number of anilines is 1. The quantitative estimate of drug-likeness (QED) is 0.894. The molecule has 0 aliphatic carbocycles. The molecule has 19 heavy (non-hydrogen) atoms. The summed E-state index contributed by atoms with van der Waals surface area (Å²) >= 11 is 0. The Morgan fingerprint density at radius 2 is 2.05 bits per heavy atom. The van der Waals surface area contributed by atoms with Gasteiger partial charge in [-0.1, -0.05) is 0 Å². The predicted molar refractivity (Wildman–Crippen MR) is 80.7 cm³/mol. The summed E-state index contributed by atoms with van der Waals surface area (Å²) in [5, 5.41) is 3.17. The Hall–Kier alpha value is -1.13. The first-order valence-corrected chi connectivity index (χ1v) is 7.13. The van der Waals surface area contributed by atoms with E-state index < -0.39 is 0 Å². The van der Waals surface area contributed by atoms with Crippen LogP contribution in [0.15, 0.2) is 12.3 Å². The lowest BCUT2D eigenvalue weighted by atomic mass is 10.0. The van der Waals surface area contributed by atoms with E-state index in [4.69, 9.17) is 0 Å². The zero-order valence-corrected chi connectivity index (χ0v) is 12.6. The van der Waals surface area contributed by atoms with Crippen molar-refractivity contribution in [2.75, 3.05) is 39.1 Å². The van der Waals surface area contributed by atoms with E-state index in [0.29, 0.717) is 0 Å². The van der Waals surface area contributed by atoms with Crippen LogP contribution in [0.3, 0.4) is 0 Å². The molecule has 0 amide bonds. The number of rotatable bonds is 4. The molecule has 0 bridgehead atoms. The Balaban J connectivity index is 2.03. The van der Waals surface area contributed by atoms with E-state index in [1.165, 1.54) is 24.0 Å². The standard InChI is InChI=1S/C15H26N4/c1-12-9-13(10-16-2)11-17-15(12)19-7-5-14(6-8-19)18(3)4/h9,11,14,16H,5-8,10H2,1-4H3. The highest BCUT2D eigenvalue weighted by Crippen LogP contribution is 2.23. The minimum Gasteiger partial charge on any atom is -0.356 e. The van der Waals surface area contributed by atoms with Crippen molar-refractivity contribution in [2.24, 2.45) is 0 Å².